The monoisotopic (exact) mass is 313 g/mol. The van der Waals surface area contributed by atoms with Crippen LogP contribution in [0.25, 0.3) is 0 Å². The van der Waals surface area contributed by atoms with Crippen LogP contribution in [0.4, 0.5) is 5.69 Å². The summed E-state index contributed by atoms with van der Waals surface area (Å²) in [5, 5.41) is 11.6. The molecule has 2 N–H and O–H groups in total. The first-order chi connectivity index (χ1) is 10.9. The molecule has 0 aliphatic rings. The first kappa shape index (κ1) is 16.5. The zero-order chi connectivity index (χ0) is 17.0. The van der Waals surface area contributed by atoms with Crippen LogP contribution < -0.4 is 10.1 Å². The van der Waals surface area contributed by atoms with Gasteiger partial charge in [0, 0.05) is 5.69 Å². The minimum Gasteiger partial charge on any atom is -0.481 e. The fourth-order valence-electron chi connectivity index (χ4n) is 2.12. The number of carboxylic acid groups (broad SMARTS) is 1. The third-order valence-corrected chi connectivity index (χ3v) is 3.40. The smallest absolute Gasteiger partial charge is 0.335 e. The van der Waals surface area contributed by atoms with E-state index in [4.69, 9.17) is 9.84 Å². The molecule has 0 bridgehead atoms. The fourth-order valence-corrected chi connectivity index (χ4v) is 2.12. The van der Waals surface area contributed by atoms with Crippen LogP contribution in [-0.2, 0) is 4.79 Å². The van der Waals surface area contributed by atoms with Crippen molar-refractivity contribution < 1.29 is 19.4 Å². The number of carbonyl (C=O) groups excluding carboxylic acids is 1. The van der Waals surface area contributed by atoms with Gasteiger partial charge in [-0.3, -0.25) is 4.79 Å². The van der Waals surface area contributed by atoms with Crippen molar-refractivity contribution >= 4 is 17.6 Å². The molecule has 1 amide bonds. The van der Waals surface area contributed by atoms with Crippen molar-refractivity contribution in [3.05, 3.63) is 59.2 Å². The molecule has 2 aromatic carbocycles. The Morgan fingerprint density at radius 2 is 1.74 bits per heavy atom. The number of benzene rings is 2. The fraction of sp³-hybridized carbons (Fsp3) is 0.222. The van der Waals surface area contributed by atoms with Crippen molar-refractivity contribution in [2.24, 2.45) is 0 Å². The van der Waals surface area contributed by atoms with Gasteiger partial charge in [0.05, 0.1) is 5.56 Å². The zero-order valence-electron chi connectivity index (χ0n) is 13.3. The van der Waals surface area contributed by atoms with Crippen LogP contribution in [0, 0.1) is 13.8 Å². The summed E-state index contributed by atoms with van der Waals surface area (Å²) < 4.78 is 5.69. The second kappa shape index (κ2) is 6.96. The Kier molecular flexibility index (Phi) is 5.01. The SMILES string of the molecule is Cc1ccc(OC(C)C(=O)Nc2ccc(C(=O)O)cc2)c(C)c1. The Balaban J connectivity index is 2.00. The Bertz CT molecular complexity index is 722. The van der Waals surface area contributed by atoms with E-state index in [1.165, 1.54) is 12.1 Å². The number of amides is 1. The van der Waals surface area contributed by atoms with Crippen molar-refractivity contribution in [2.45, 2.75) is 26.9 Å². The topological polar surface area (TPSA) is 75.6 Å². The molecule has 0 saturated carbocycles. The second-order valence-corrected chi connectivity index (χ2v) is 5.40. The van der Waals surface area contributed by atoms with Gasteiger partial charge < -0.3 is 15.2 Å². The maximum atomic E-state index is 12.2. The number of carboxylic acids is 1. The van der Waals surface area contributed by atoms with E-state index in [-0.39, 0.29) is 11.5 Å². The van der Waals surface area contributed by atoms with Gasteiger partial charge in [-0.1, -0.05) is 17.7 Å². The van der Waals surface area contributed by atoms with Crippen molar-refractivity contribution in [3.8, 4) is 5.75 Å². The highest BCUT2D eigenvalue weighted by molar-refractivity contribution is 5.95. The molecular formula is C18H19NO4. The molecule has 0 aliphatic carbocycles. The zero-order valence-corrected chi connectivity index (χ0v) is 13.3. The second-order valence-electron chi connectivity index (χ2n) is 5.40. The third kappa shape index (κ3) is 4.32. The average Bonchev–Trinajstić information content (AvgIpc) is 2.50. The molecule has 2 rings (SSSR count). The van der Waals surface area contributed by atoms with Gasteiger partial charge in [0.2, 0.25) is 0 Å². The number of hydrogen-bond donors (Lipinski definition) is 2. The van der Waals surface area contributed by atoms with Gasteiger partial charge in [-0.15, -0.1) is 0 Å². The summed E-state index contributed by atoms with van der Waals surface area (Å²) in [6, 6.07) is 11.7. The Labute approximate surface area is 134 Å². The van der Waals surface area contributed by atoms with E-state index in [1.807, 2.05) is 32.0 Å². The van der Waals surface area contributed by atoms with E-state index >= 15 is 0 Å². The summed E-state index contributed by atoms with van der Waals surface area (Å²) in [5.41, 5.74) is 2.79. The van der Waals surface area contributed by atoms with E-state index in [0.717, 1.165) is 11.1 Å². The minimum absolute atomic E-state index is 0.169. The molecule has 0 spiro atoms. The largest absolute Gasteiger partial charge is 0.481 e. The third-order valence-electron chi connectivity index (χ3n) is 3.40. The number of aromatic carboxylic acids is 1. The molecule has 23 heavy (non-hydrogen) atoms. The van der Waals surface area contributed by atoms with Gasteiger partial charge in [0.15, 0.2) is 6.10 Å². The quantitative estimate of drug-likeness (QED) is 0.887. The van der Waals surface area contributed by atoms with Gasteiger partial charge >= 0.3 is 5.97 Å². The summed E-state index contributed by atoms with van der Waals surface area (Å²) in [6.45, 7) is 5.59. The maximum Gasteiger partial charge on any atom is 0.335 e. The molecule has 1 atom stereocenters. The van der Waals surface area contributed by atoms with Gasteiger partial charge in [0.1, 0.15) is 5.75 Å². The number of rotatable bonds is 5. The number of hydrogen-bond acceptors (Lipinski definition) is 3. The molecule has 0 aromatic heterocycles. The van der Waals surface area contributed by atoms with Crippen LogP contribution in [0.15, 0.2) is 42.5 Å². The molecule has 0 radical (unpaired) electrons. The van der Waals surface area contributed by atoms with Crippen molar-refractivity contribution in [1.29, 1.82) is 0 Å². The Hall–Kier alpha value is -2.82. The molecule has 5 nitrogen and oxygen atoms in total. The first-order valence-corrected chi connectivity index (χ1v) is 7.25. The van der Waals surface area contributed by atoms with Crippen molar-refractivity contribution in [3.63, 3.8) is 0 Å². The van der Waals surface area contributed by atoms with Crippen LogP contribution in [0.3, 0.4) is 0 Å². The number of carbonyl (C=O) groups is 2. The van der Waals surface area contributed by atoms with Crippen LogP contribution in [0.5, 0.6) is 5.75 Å². The molecular weight excluding hydrogens is 294 g/mol. The Morgan fingerprint density at radius 3 is 2.30 bits per heavy atom. The van der Waals surface area contributed by atoms with Crippen molar-refractivity contribution in [2.75, 3.05) is 5.32 Å². The maximum absolute atomic E-state index is 12.2. The highest BCUT2D eigenvalue weighted by Gasteiger charge is 2.16. The van der Waals surface area contributed by atoms with Gasteiger partial charge in [-0.2, -0.15) is 0 Å². The molecule has 0 heterocycles. The summed E-state index contributed by atoms with van der Waals surface area (Å²) >= 11 is 0. The van der Waals surface area contributed by atoms with E-state index in [1.54, 1.807) is 19.1 Å². The van der Waals surface area contributed by atoms with E-state index in [2.05, 4.69) is 5.32 Å². The molecule has 0 aliphatic heterocycles. The van der Waals surface area contributed by atoms with E-state index in [0.29, 0.717) is 11.4 Å². The Morgan fingerprint density at radius 1 is 1.09 bits per heavy atom. The standard InChI is InChI=1S/C18H19NO4/c1-11-4-9-16(12(2)10-11)23-13(3)17(20)19-15-7-5-14(6-8-15)18(21)22/h4-10,13H,1-3H3,(H,19,20)(H,21,22). The van der Waals surface area contributed by atoms with Crippen LogP contribution in [-0.4, -0.2) is 23.1 Å². The lowest BCUT2D eigenvalue weighted by atomic mass is 10.1. The number of ether oxygens (including phenoxy) is 1. The van der Waals surface area contributed by atoms with Crippen LogP contribution in [0.1, 0.15) is 28.4 Å². The molecule has 2 aromatic rings. The van der Waals surface area contributed by atoms with Crippen LogP contribution in [0.2, 0.25) is 0 Å². The summed E-state index contributed by atoms with van der Waals surface area (Å²) in [4.78, 5) is 23.0. The van der Waals surface area contributed by atoms with E-state index in [9.17, 15) is 9.59 Å². The number of anilines is 1. The van der Waals surface area contributed by atoms with Crippen molar-refractivity contribution in [1.82, 2.24) is 0 Å². The summed E-state index contributed by atoms with van der Waals surface area (Å²) in [5.74, 6) is -0.637. The minimum atomic E-state index is -1.01. The first-order valence-electron chi connectivity index (χ1n) is 7.25. The molecule has 0 saturated heterocycles. The number of nitrogens with one attached hydrogen (secondary N) is 1. The molecule has 5 heteroatoms. The summed E-state index contributed by atoms with van der Waals surface area (Å²) in [7, 11) is 0. The predicted molar refractivity (Wildman–Crippen MR) is 88.0 cm³/mol. The lowest BCUT2D eigenvalue weighted by Crippen LogP contribution is -2.30. The highest BCUT2D eigenvalue weighted by Crippen LogP contribution is 2.20. The predicted octanol–water partition coefficient (Wildman–Crippen LogP) is 3.41. The molecule has 0 fully saturated rings. The lowest BCUT2D eigenvalue weighted by Gasteiger charge is -2.16. The molecule has 1 unspecified atom stereocenters. The molecule has 120 valence electrons. The normalized spacial score (nSPS) is 11.6. The van der Waals surface area contributed by atoms with Gasteiger partial charge in [-0.25, -0.2) is 4.79 Å². The number of aryl methyl sites for hydroxylation is 2. The average molecular weight is 313 g/mol. The van der Waals surface area contributed by atoms with Crippen LogP contribution >= 0.6 is 0 Å². The highest BCUT2D eigenvalue weighted by atomic mass is 16.5. The summed E-state index contributed by atoms with van der Waals surface area (Å²) in [6.07, 6.45) is -0.671. The van der Waals surface area contributed by atoms with E-state index < -0.39 is 12.1 Å². The van der Waals surface area contributed by atoms with Gasteiger partial charge in [0.25, 0.3) is 5.91 Å². The lowest BCUT2D eigenvalue weighted by molar-refractivity contribution is -0.122. The van der Waals surface area contributed by atoms with Gasteiger partial charge in [-0.05, 0) is 56.7 Å².